The van der Waals surface area contributed by atoms with Crippen LogP contribution in [0.5, 0.6) is 0 Å². The van der Waals surface area contributed by atoms with E-state index in [0.29, 0.717) is 5.82 Å². The van der Waals surface area contributed by atoms with Crippen molar-refractivity contribution in [3.63, 3.8) is 0 Å². The smallest absolute Gasteiger partial charge is 0.349 e. The van der Waals surface area contributed by atoms with E-state index in [4.69, 9.17) is 9.40 Å². The second-order valence-corrected chi connectivity index (χ2v) is 8.19. The van der Waals surface area contributed by atoms with E-state index in [-0.39, 0.29) is 11.6 Å². The monoisotopic (exact) mass is 415 g/mol. The zero-order valence-electron chi connectivity index (χ0n) is 17.3. The summed E-state index contributed by atoms with van der Waals surface area (Å²) in [5.74, 6) is 1.72. The molecule has 4 aromatic heterocycles. The van der Waals surface area contributed by atoms with E-state index in [1.54, 1.807) is 17.9 Å². The van der Waals surface area contributed by atoms with Crippen LogP contribution >= 0.6 is 0 Å². The molecule has 5 aromatic rings. The van der Waals surface area contributed by atoms with E-state index in [1.165, 1.54) is 5.56 Å². The van der Waals surface area contributed by atoms with Crippen LogP contribution in [0.1, 0.15) is 30.2 Å². The van der Waals surface area contributed by atoms with Crippen molar-refractivity contribution < 1.29 is 4.42 Å². The van der Waals surface area contributed by atoms with Crippen molar-refractivity contribution in [2.45, 2.75) is 25.7 Å². The third-order valence-corrected chi connectivity index (χ3v) is 6.21. The summed E-state index contributed by atoms with van der Waals surface area (Å²) in [6.07, 6.45) is 3.42. The van der Waals surface area contributed by atoms with Crippen LogP contribution in [0, 0.1) is 6.92 Å². The SMILES string of the molecule is Cc1ccc2oc(C3CCN(c4nc(=O)n(C)c5ccc6nncn6c45)CC3)nc2c1. The molecule has 9 nitrogen and oxygen atoms in total. The molecule has 0 saturated carbocycles. The maximum absolute atomic E-state index is 12.5. The maximum atomic E-state index is 12.5. The normalized spacial score (nSPS) is 15.5. The average Bonchev–Trinajstić information content (AvgIpc) is 3.42. The first-order valence-electron chi connectivity index (χ1n) is 10.4. The molecular formula is C22H21N7O2. The molecule has 0 unspecified atom stereocenters. The average molecular weight is 415 g/mol. The number of benzene rings is 1. The number of rotatable bonds is 2. The van der Waals surface area contributed by atoms with Crippen LogP contribution in [0.25, 0.3) is 27.8 Å². The molecule has 1 aromatic carbocycles. The van der Waals surface area contributed by atoms with Crippen molar-refractivity contribution in [1.82, 2.24) is 29.1 Å². The molecule has 1 aliphatic rings. The van der Waals surface area contributed by atoms with Gasteiger partial charge < -0.3 is 9.32 Å². The number of aromatic nitrogens is 6. The van der Waals surface area contributed by atoms with Gasteiger partial charge in [0.2, 0.25) is 0 Å². The molecule has 0 spiro atoms. The van der Waals surface area contributed by atoms with Gasteiger partial charge in [-0.1, -0.05) is 6.07 Å². The van der Waals surface area contributed by atoms with E-state index in [0.717, 1.165) is 59.6 Å². The highest BCUT2D eigenvalue weighted by molar-refractivity contribution is 5.88. The van der Waals surface area contributed by atoms with Crippen LogP contribution in [0.3, 0.4) is 0 Å². The molecular weight excluding hydrogens is 394 g/mol. The van der Waals surface area contributed by atoms with Crippen LogP contribution in [0.15, 0.2) is 45.9 Å². The van der Waals surface area contributed by atoms with Gasteiger partial charge >= 0.3 is 5.69 Å². The quantitative estimate of drug-likeness (QED) is 0.437. The van der Waals surface area contributed by atoms with Crippen molar-refractivity contribution in [3.05, 3.63) is 58.6 Å². The van der Waals surface area contributed by atoms with Crippen LogP contribution in [-0.4, -0.2) is 42.2 Å². The lowest BCUT2D eigenvalue weighted by atomic mass is 9.96. The molecule has 1 fully saturated rings. The molecule has 1 aliphatic heterocycles. The van der Waals surface area contributed by atoms with Gasteiger partial charge in [-0.3, -0.25) is 8.97 Å². The Balaban J connectivity index is 1.36. The van der Waals surface area contributed by atoms with Gasteiger partial charge in [0, 0.05) is 26.1 Å². The molecule has 5 heterocycles. The molecule has 0 amide bonds. The fourth-order valence-electron chi connectivity index (χ4n) is 4.49. The number of fused-ring (bicyclic) bond motifs is 4. The van der Waals surface area contributed by atoms with E-state index in [1.807, 2.05) is 28.7 Å². The number of aryl methyl sites for hydroxylation is 2. The second kappa shape index (κ2) is 6.63. The Morgan fingerprint density at radius 2 is 1.94 bits per heavy atom. The Hall–Kier alpha value is -3.75. The van der Waals surface area contributed by atoms with E-state index < -0.39 is 0 Å². The predicted molar refractivity (Wildman–Crippen MR) is 116 cm³/mol. The zero-order valence-corrected chi connectivity index (χ0v) is 17.3. The molecule has 31 heavy (non-hydrogen) atoms. The Bertz CT molecular complexity index is 1510. The first kappa shape index (κ1) is 18.1. The summed E-state index contributed by atoms with van der Waals surface area (Å²) < 4.78 is 9.49. The molecule has 156 valence electrons. The first-order chi connectivity index (χ1) is 15.1. The molecule has 1 saturated heterocycles. The van der Waals surface area contributed by atoms with Crippen LogP contribution in [0.4, 0.5) is 5.82 Å². The minimum Gasteiger partial charge on any atom is -0.440 e. The van der Waals surface area contributed by atoms with Crippen LogP contribution in [0.2, 0.25) is 0 Å². The first-order valence-corrected chi connectivity index (χ1v) is 10.4. The van der Waals surface area contributed by atoms with E-state index >= 15 is 0 Å². The largest absolute Gasteiger partial charge is 0.440 e. The van der Waals surface area contributed by atoms with Crippen molar-refractivity contribution in [1.29, 1.82) is 0 Å². The number of pyridine rings is 1. The summed E-state index contributed by atoms with van der Waals surface area (Å²) in [5, 5.41) is 8.17. The minimum absolute atomic E-state index is 0.247. The summed E-state index contributed by atoms with van der Waals surface area (Å²) in [6.45, 7) is 3.58. The Kier molecular flexibility index (Phi) is 3.86. The highest BCUT2D eigenvalue weighted by atomic mass is 16.3. The lowest BCUT2D eigenvalue weighted by Gasteiger charge is -2.32. The highest BCUT2D eigenvalue weighted by Crippen LogP contribution is 2.33. The number of anilines is 1. The highest BCUT2D eigenvalue weighted by Gasteiger charge is 2.27. The summed E-state index contributed by atoms with van der Waals surface area (Å²) in [6, 6.07) is 9.84. The van der Waals surface area contributed by atoms with Crippen molar-refractivity contribution in [3.8, 4) is 0 Å². The van der Waals surface area contributed by atoms with Crippen molar-refractivity contribution in [2.75, 3.05) is 18.0 Å². The van der Waals surface area contributed by atoms with E-state index in [9.17, 15) is 4.79 Å². The van der Waals surface area contributed by atoms with E-state index in [2.05, 4.69) is 33.1 Å². The van der Waals surface area contributed by atoms with Gasteiger partial charge in [-0.15, -0.1) is 10.2 Å². The molecule has 0 bridgehead atoms. The number of hydrogen-bond donors (Lipinski definition) is 0. The van der Waals surface area contributed by atoms with Gasteiger partial charge in [0.25, 0.3) is 0 Å². The molecule has 6 rings (SSSR count). The molecule has 0 atom stereocenters. The summed E-state index contributed by atoms with van der Waals surface area (Å²) in [4.78, 5) is 23.9. The summed E-state index contributed by atoms with van der Waals surface area (Å²) in [5.41, 5.74) is 5.02. The molecule has 9 heteroatoms. The van der Waals surface area contributed by atoms with Gasteiger partial charge in [-0.25, -0.2) is 9.78 Å². The fourth-order valence-corrected chi connectivity index (χ4v) is 4.49. The van der Waals surface area contributed by atoms with Crippen molar-refractivity contribution in [2.24, 2.45) is 7.05 Å². The maximum Gasteiger partial charge on any atom is 0.349 e. The van der Waals surface area contributed by atoms with Gasteiger partial charge in [0.05, 0.1) is 5.52 Å². The number of piperidine rings is 1. The number of nitrogens with zero attached hydrogens (tertiary/aromatic N) is 7. The Morgan fingerprint density at radius 3 is 2.77 bits per heavy atom. The number of hydrogen-bond acceptors (Lipinski definition) is 7. The molecule has 0 aliphatic carbocycles. The second-order valence-electron chi connectivity index (χ2n) is 8.19. The Morgan fingerprint density at radius 1 is 1.10 bits per heavy atom. The minimum atomic E-state index is -0.272. The van der Waals surface area contributed by atoms with Crippen LogP contribution < -0.4 is 10.6 Å². The van der Waals surface area contributed by atoms with Gasteiger partial charge in [0.15, 0.2) is 22.9 Å². The third kappa shape index (κ3) is 2.80. The van der Waals surface area contributed by atoms with Crippen molar-refractivity contribution >= 4 is 33.6 Å². The van der Waals surface area contributed by atoms with Gasteiger partial charge in [-0.05, 0) is 49.6 Å². The Labute approximate surface area is 177 Å². The summed E-state index contributed by atoms with van der Waals surface area (Å²) >= 11 is 0. The van der Waals surface area contributed by atoms with Crippen LogP contribution in [-0.2, 0) is 7.05 Å². The van der Waals surface area contributed by atoms with Gasteiger partial charge in [-0.2, -0.15) is 4.98 Å². The predicted octanol–water partition coefficient (Wildman–Crippen LogP) is 2.81. The van der Waals surface area contributed by atoms with Gasteiger partial charge in [0.1, 0.15) is 17.4 Å². The third-order valence-electron chi connectivity index (χ3n) is 6.21. The molecule has 0 N–H and O–H groups in total. The lowest BCUT2D eigenvalue weighted by molar-refractivity contribution is 0.406. The lowest BCUT2D eigenvalue weighted by Crippen LogP contribution is -2.36. The summed E-state index contributed by atoms with van der Waals surface area (Å²) in [7, 11) is 1.73. The number of oxazole rings is 1. The molecule has 0 radical (unpaired) electrons. The topological polar surface area (TPSA) is 94.3 Å². The zero-order chi connectivity index (χ0) is 21.1. The standard InChI is InChI=1S/C22H21N7O2/c1-13-3-5-17-15(11-13)24-21(31-17)14-7-9-28(10-8-14)20-19-16(27(2)22(30)25-20)4-6-18-26-23-12-29(18)19/h3-6,11-12,14H,7-10H2,1-2H3. The fraction of sp³-hybridized carbons (Fsp3) is 0.318.